The maximum atomic E-state index is 12.9. The number of oxazole rings is 1. The summed E-state index contributed by atoms with van der Waals surface area (Å²) in [4.78, 5) is 21.8. The van der Waals surface area contributed by atoms with Gasteiger partial charge in [-0.1, -0.05) is 12.1 Å². The molecule has 1 aromatic heterocycles. The summed E-state index contributed by atoms with van der Waals surface area (Å²) in [6.07, 6.45) is 4.05. The van der Waals surface area contributed by atoms with Gasteiger partial charge in [-0.15, -0.1) is 0 Å². The molecule has 3 atom stereocenters. The van der Waals surface area contributed by atoms with Gasteiger partial charge in [0.15, 0.2) is 5.58 Å². The van der Waals surface area contributed by atoms with Gasteiger partial charge >= 0.3 is 0 Å². The Bertz CT molecular complexity index is 778. The summed E-state index contributed by atoms with van der Waals surface area (Å²) in [7, 11) is 0. The predicted octanol–water partition coefficient (Wildman–Crippen LogP) is 2.24. The zero-order valence-corrected chi connectivity index (χ0v) is 15.0. The third-order valence-electron chi connectivity index (χ3n) is 6.62. The summed E-state index contributed by atoms with van der Waals surface area (Å²) in [5.74, 6) is 1.63. The van der Waals surface area contributed by atoms with Crippen LogP contribution in [-0.4, -0.2) is 48.0 Å². The van der Waals surface area contributed by atoms with Crippen molar-refractivity contribution in [1.82, 2.24) is 9.88 Å². The van der Waals surface area contributed by atoms with Crippen LogP contribution in [-0.2, 0) is 4.79 Å². The van der Waals surface area contributed by atoms with E-state index in [-0.39, 0.29) is 5.92 Å². The lowest BCUT2D eigenvalue weighted by molar-refractivity contribution is -0.135. The number of aromatic nitrogens is 1. The van der Waals surface area contributed by atoms with Gasteiger partial charge in [0.05, 0.1) is 0 Å². The number of carbonyl (C=O) groups excluding carboxylic acids is 1. The fourth-order valence-corrected chi connectivity index (χ4v) is 5.06. The van der Waals surface area contributed by atoms with Gasteiger partial charge in [0, 0.05) is 38.1 Å². The van der Waals surface area contributed by atoms with Crippen LogP contribution in [0.25, 0.3) is 11.1 Å². The van der Waals surface area contributed by atoms with E-state index in [2.05, 4.69) is 14.8 Å². The number of hydrogen-bond acceptors (Lipinski definition) is 5. The van der Waals surface area contributed by atoms with Crippen molar-refractivity contribution in [3.8, 4) is 0 Å². The standard InChI is InChI=1S/C20H26N4O2/c21-16-6-5-14-11-24(12-15(14)16)19(25)13-7-9-23(10-8-13)20-22-17-3-1-2-4-18(17)26-20/h1-4,13-16H,5-12,21H2. The summed E-state index contributed by atoms with van der Waals surface area (Å²) in [6, 6.07) is 8.80. The van der Waals surface area contributed by atoms with Crippen LogP contribution < -0.4 is 10.6 Å². The number of nitrogens with two attached hydrogens (primary N) is 1. The molecule has 2 aromatic rings. The highest BCUT2D eigenvalue weighted by molar-refractivity contribution is 5.79. The van der Waals surface area contributed by atoms with Crippen molar-refractivity contribution in [2.24, 2.45) is 23.5 Å². The SMILES string of the molecule is NC1CCC2CN(C(=O)C3CCN(c4nc5ccccc5o4)CC3)CC12. The average molecular weight is 354 g/mol. The van der Waals surface area contributed by atoms with Crippen LogP contribution in [0.1, 0.15) is 25.7 Å². The maximum Gasteiger partial charge on any atom is 0.298 e. The van der Waals surface area contributed by atoms with Crippen molar-refractivity contribution >= 4 is 23.0 Å². The number of piperidine rings is 1. The third kappa shape index (κ3) is 2.67. The Hall–Kier alpha value is -2.08. The van der Waals surface area contributed by atoms with E-state index in [0.29, 0.717) is 29.8 Å². The zero-order valence-electron chi connectivity index (χ0n) is 15.0. The summed E-state index contributed by atoms with van der Waals surface area (Å²) in [5, 5.41) is 0. The van der Waals surface area contributed by atoms with Gasteiger partial charge in [0.2, 0.25) is 5.91 Å². The molecule has 5 rings (SSSR count). The fourth-order valence-electron chi connectivity index (χ4n) is 5.06. The Morgan fingerprint density at radius 3 is 2.69 bits per heavy atom. The molecule has 2 saturated heterocycles. The van der Waals surface area contributed by atoms with E-state index in [1.54, 1.807) is 0 Å². The molecule has 138 valence electrons. The highest BCUT2D eigenvalue weighted by Crippen LogP contribution is 2.38. The maximum absolute atomic E-state index is 12.9. The molecule has 3 fully saturated rings. The van der Waals surface area contributed by atoms with Crippen molar-refractivity contribution in [2.45, 2.75) is 31.7 Å². The molecular weight excluding hydrogens is 328 g/mol. The first kappa shape index (κ1) is 16.1. The number of nitrogens with zero attached hydrogens (tertiary/aromatic N) is 3. The molecule has 1 aliphatic carbocycles. The van der Waals surface area contributed by atoms with E-state index in [1.165, 1.54) is 6.42 Å². The van der Waals surface area contributed by atoms with Gasteiger partial charge < -0.3 is 20.0 Å². The summed E-state index contributed by atoms with van der Waals surface area (Å²) in [5.41, 5.74) is 7.92. The quantitative estimate of drug-likeness (QED) is 0.895. The van der Waals surface area contributed by atoms with Crippen LogP contribution in [0.4, 0.5) is 6.01 Å². The number of amides is 1. The number of para-hydroxylation sites is 2. The molecule has 3 unspecified atom stereocenters. The molecule has 0 radical (unpaired) electrons. The second-order valence-electron chi connectivity index (χ2n) is 8.13. The minimum Gasteiger partial charge on any atom is -0.423 e. The van der Waals surface area contributed by atoms with Crippen molar-refractivity contribution in [1.29, 1.82) is 0 Å². The molecule has 1 aromatic carbocycles. The largest absolute Gasteiger partial charge is 0.423 e. The zero-order chi connectivity index (χ0) is 17.7. The molecule has 1 saturated carbocycles. The van der Waals surface area contributed by atoms with E-state index in [4.69, 9.17) is 10.2 Å². The van der Waals surface area contributed by atoms with Crippen molar-refractivity contribution in [3.63, 3.8) is 0 Å². The number of fused-ring (bicyclic) bond motifs is 2. The second-order valence-corrected chi connectivity index (χ2v) is 8.13. The van der Waals surface area contributed by atoms with E-state index in [1.807, 2.05) is 24.3 Å². The molecule has 26 heavy (non-hydrogen) atoms. The summed E-state index contributed by atoms with van der Waals surface area (Å²) in [6.45, 7) is 3.44. The normalized spacial score (nSPS) is 29.5. The van der Waals surface area contributed by atoms with Crippen LogP contribution in [0.15, 0.2) is 28.7 Å². The number of carbonyl (C=O) groups is 1. The number of likely N-dealkylation sites (tertiary alicyclic amines) is 1. The average Bonchev–Trinajstić information content (AvgIpc) is 3.37. The number of rotatable bonds is 2. The molecular formula is C20H26N4O2. The van der Waals surface area contributed by atoms with Gasteiger partial charge in [-0.05, 0) is 49.7 Å². The van der Waals surface area contributed by atoms with Crippen LogP contribution in [0.5, 0.6) is 0 Å². The monoisotopic (exact) mass is 354 g/mol. The molecule has 2 N–H and O–H groups in total. The molecule has 3 aliphatic rings. The van der Waals surface area contributed by atoms with Gasteiger partial charge in [0.25, 0.3) is 6.01 Å². The van der Waals surface area contributed by atoms with Gasteiger partial charge in [0.1, 0.15) is 5.52 Å². The lowest BCUT2D eigenvalue weighted by Gasteiger charge is -2.32. The Morgan fingerprint density at radius 1 is 1.12 bits per heavy atom. The summed E-state index contributed by atoms with van der Waals surface area (Å²) < 4.78 is 5.87. The topological polar surface area (TPSA) is 75.6 Å². The number of benzene rings is 1. The van der Waals surface area contributed by atoms with Crippen LogP contribution in [0.2, 0.25) is 0 Å². The smallest absolute Gasteiger partial charge is 0.298 e. The Labute approximate surface area is 153 Å². The first-order chi connectivity index (χ1) is 12.7. The van der Waals surface area contributed by atoms with Crippen molar-refractivity contribution in [2.75, 3.05) is 31.1 Å². The first-order valence-corrected chi connectivity index (χ1v) is 9.84. The van der Waals surface area contributed by atoms with Crippen LogP contribution in [0, 0.1) is 17.8 Å². The lowest BCUT2D eigenvalue weighted by Crippen LogP contribution is -2.42. The van der Waals surface area contributed by atoms with E-state index >= 15 is 0 Å². The minimum absolute atomic E-state index is 0.130. The molecule has 2 aliphatic heterocycles. The van der Waals surface area contributed by atoms with Gasteiger partial charge in [-0.3, -0.25) is 4.79 Å². The molecule has 1 amide bonds. The lowest BCUT2D eigenvalue weighted by atomic mass is 9.95. The molecule has 0 bridgehead atoms. The fraction of sp³-hybridized carbons (Fsp3) is 0.600. The number of hydrogen-bond donors (Lipinski definition) is 1. The number of anilines is 1. The van der Waals surface area contributed by atoms with E-state index in [0.717, 1.165) is 56.5 Å². The first-order valence-electron chi connectivity index (χ1n) is 9.84. The Morgan fingerprint density at radius 2 is 1.92 bits per heavy atom. The highest BCUT2D eigenvalue weighted by Gasteiger charge is 2.43. The molecule has 6 nitrogen and oxygen atoms in total. The predicted molar refractivity (Wildman–Crippen MR) is 99.7 cm³/mol. The molecule has 0 spiro atoms. The Kier molecular flexibility index (Phi) is 3.89. The summed E-state index contributed by atoms with van der Waals surface area (Å²) >= 11 is 0. The molecule has 3 heterocycles. The van der Waals surface area contributed by atoms with Crippen LogP contribution >= 0.6 is 0 Å². The van der Waals surface area contributed by atoms with Gasteiger partial charge in [-0.2, -0.15) is 4.98 Å². The third-order valence-corrected chi connectivity index (χ3v) is 6.62. The van der Waals surface area contributed by atoms with E-state index in [9.17, 15) is 4.79 Å². The van der Waals surface area contributed by atoms with Crippen molar-refractivity contribution in [3.05, 3.63) is 24.3 Å². The van der Waals surface area contributed by atoms with Crippen LogP contribution in [0.3, 0.4) is 0 Å². The van der Waals surface area contributed by atoms with Crippen molar-refractivity contribution < 1.29 is 9.21 Å². The molecule has 6 heteroatoms. The Balaban J connectivity index is 1.21. The highest BCUT2D eigenvalue weighted by atomic mass is 16.4. The van der Waals surface area contributed by atoms with Gasteiger partial charge in [-0.25, -0.2) is 0 Å². The minimum atomic E-state index is 0.130. The van der Waals surface area contributed by atoms with E-state index < -0.39 is 0 Å². The second kappa shape index (κ2) is 6.27.